The maximum Gasteiger partial charge on any atom is 0.417 e. The molecule has 2 aromatic rings. The lowest BCUT2D eigenvalue weighted by atomic mass is 10.2. The first-order valence-electron chi connectivity index (χ1n) is 5.73. The molecule has 94 valence electrons. The largest absolute Gasteiger partial charge is 0.417 e. The molecule has 0 aliphatic carbocycles. The molecule has 19 heavy (non-hydrogen) atoms. The Morgan fingerprint density at radius 1 is 1.16 bits per heavy atom. The zero-order chi connectivity index (χ0) is 13.7. The third-order valence-electron chi connectivity index (χ3n) is 2.58. The minimum atomic E-state index is -0.556. The Balaban J connectivity index is 2.01. The molecule has 0 bridgehead atoms. The molecule has 0 aromatic heterocycles. The number of rotatable bonds is 2. The normalized spacial score (nSPS) is 9.47. The van der Waals surface area contributed by atoms with E-state index in [9.17, 15) is 4.79 Å². The Labute approximate surface area is 111 Å². The van der Waals surface area contributed by atoms with Crippen molar-refractivity contribution in [2.75, 3.05) is 5.32 Å². The lowest BCUT2D eigenvalue weighted by molar-refractivity contribution is 0.215. The van der Waals surface area contributed by atoms with Gasteiger partial charge in [-0.25, -0.2) is 4.79 Å². The van der Waals surface area contributed by atoms with Gasteiger partial charge in [0.1, 0.15) is 5.75 Å². The van der Waals surface area contributed by atoms with Crippen LogP contribution in [0.5, 0.6) is 5.75 Å². The number of nitrogens with zero attached hydrogens (tertiary/aromatic N) is 1. The molecule has 4 nitrogen and oxygen atoms in total. The Morgan fingerprint density at radius 2 is 1.84 bits per heavy atom. The van der Waals surface area contributed by atoms with Gasteiger partial charge in [-0.3, -0.25) is 5.32 Å². The first-order valence-corrected chi connectivity index (χ1v) is 5.73. The SMILES string of the molecule is Cc1ccccc1NC(=O)Oc1ccc(C#N)cc1. The minimum absolute atomic E-state index is 0.394. The highest BCUT2D eigenvalue weighted by atomic mass is 16.6. The van der Waals surface area contributed by atoms with Crippen LogP contribution >= 0.6 is 0 Å². The predicted molar refractivity (Wildman–Crippen MR) is 72.0 cm³/mol. The molecule has 0 aliphatic heterocycles. The van der Waals surface area contributed by atoms with Crippen molar-refractivity contribution in [3.63, 3.8) is 0 Å². The highest BCUT2D eigenvalue weighted by Gasteiger charge is 2.06. The fraction of sp³-hybridized carbons (Fsp3) is 0.0667. The number of aryl methyl sites for hydroxylation is 1. The number of hydrogen-bond donors (Lipinski definition) is 1. The van der Waals surface area contributed by atoms with E-state index in [0.717, 1.165) is 5.56 Å². The van der Waals surface area contributed by atoms with Gasteiger partial charge < -0.3 is 4.74 Å². The van der Waals surface area contributed by atoms with Crippen molar-refractivity contribution >= 4 is 11.8 Å². The molecule has 0 fully saturated rings. The number of carbonyl (C=O) groups is 1. The van der Waals surface area contributed by atoms with Crippen molar-refractivity contribution in [1.29, 1.82) is 5.26 Å². The molecule has 0 radical (unpaired) electrons. The molecule has 0 aliphatic rings. The van der Waals surface area contributed by atoms with Crippen LogP contribution in [0.15, 0.2) is 48.5 Å². The van der Waals surface area contributed by atoms with Crippen LogP contribution in [0, 0.1) is 18.3 Å². The van der Waals surface area contributed by atoms with Gasteiger partial charge in [0.05, 0.1) is 11.6 Å². The summed E-state index contributed by atoms with van der Waals surface area (Å²) >= 11 is 0. The number of amides is 1. The van der Waals surface area contributed by atoms with Gasteiger partial charge in [-0.1, -0.05) is 18.2 Å². The third-order valence-corrected chi connectivity index (χ3v) is 2.58. The summed E-state index contributed by atoms with van der Waals surface area (Å²) in [7, 11) is 0. The van der Waals surface area contributed by atoms with Gasteiger partial charge in [-0.15, -0.1) is 0 Å². The van der Waals surface area contributed by atoms with E-state index in [1.54, 1.807) is 30.3 Å². The summed E-state index contributed by atoms with van der Waals surface area (Å²) in [6.45, 7) is 1.90. The molecule has 1 N–H and O–H groups in total. The van der Waals surface area contributed by atoms with Crippen LogP contribution < -0.4 is 10.1 Å². The summed E-state index contributed by atoms with van der Waals surface area (Å²) in [6.07, 6.45) is -0.556. The average Bonchev–Trinajstić information content (AvgIpc) is 2.42. The van der Waals surface area contributed by atoms with Gasteiger partial charge >= 0.3 is 6.09 Å². The molecule has 4 heteroatoms. The van der Waals surface area contributed by atoms with Crippen LogP contribution in [0.4, 0.5) is 10.5 Å². The lowest BCUT2D eigenvalue weighted by Gasteiger charge is -2.08. The molecule has 2 aromatic carbocycles. The molecule has 0 saturated carbocycles. The Hall–Kier alpha value is -2.80. The summed E-state index contributed by atoms with van der Waals surface area (Å²) < 4.78 is 5.11. The molecule has 0 spiro atoms. The predicted octanol–water partition coefficient (Wildman–Crippen LogP) is 3.48. The molecule has 0 unspecified atom stereocenters. The number of nitrogens with one attached hydrogen (secondary N) is 1. The van der Waals surface area contributed by atoms with E-state index < -0.39 is 6.09 Å². The van der Waals surface area contributed by atoms with E-state index in [0.29, 0.717) is 17.0 Å². The van der Waals surface area contributed by atoms with Crippen LogP contribution in [-0.2, 0) is 0 Å². The van der Waals surface area contributed by atoms with Crippen LogP contribution in [0.3, 0.4) is 0 Å². The van der Waals surface area contributed by atoms with Gasteiger partial charge in [0, 0.05) is 5.69 Å². The van der Waals surface area contributed by atoms with Gasteiger partial charge in [-0.05, 0) is 42.8 Å². The van der Waals surface area contributed by atoms with Gasteiger partial charge in [0.15, 0.2) is 0 Å². The Kier molecular flexibility index (Phi) is 3.79. The standard InChI is InChI=1S/C15H12N2O2/c1-11-4-2-3-5-14(11)17-15(18)19-13-8-6-12(10-16)7-9-13/h2-9H,1H3,(H,17,18). The molecular weight excluding hydrogens is 240 g/mol. The van der Waals surface area contributed by atoms with Gasteiger partial charge in [0.25, 0.3) is 0 Å². The highest BCUT2D eigenvalue weighted by molar-refractivity contribution is 5.87. The summed E-state index contributed by atoms with van der Waals surface area (Å²) in [6, 6.07) is 15.8. The Morgan fingerprint density at radius 3 is 2.47 bits per heavy atom. The second kappa shape index (κ2) is 5.69. The summed E-state index contributed by atoms with van der Waals surface area (Å²) in [5.41, 5.74) is 2.19. The number of carbonyl (C=O) groups excluding carboxylic acids is 1. The monoisotopic (exact) mass is 252 g/mol. The van der Waals surface area contributed by atoms with Gasteiger partial charge in [-0.2, -0.15) is 5.26 Å². The topological polar surface area (TPSA) is 62.1 Å². The fourth-order valence-corrected chi connectivity index (χ4v) is 1.55. The van der Waals surface area contributed by atoms with Crippen molar-refractivity contribution in [2.24, 2.45) is 0 Å². The first-order chi connectivity index (χ1) is 9.19. The van der Waals surface area contributed by atoms with Crippen molar-refractivity contribution in [3.05, 3.63) is 59.7 Å². The number of ether oxygens (including phenoxy) is 1. The van der Waals surface area contributed by atoms with Crippen LogP contribution in [0.25, 0.3) is 0 Å². The van der Waals surface area contributed by atoms with Crippen LogP contribution in [0.2, 0.25) is 0 Å². The number of para-hydroxylation sites is 1. The molecule has 0 heterocycles. The molecule has 1 amide bonds. The number of benzene rings is 2. The lowest BCUT2D eigenvalue weighted by Crippen LogP contribution is -2.17. The average molecular weight is 252 g/mol. The maximum absolute atomic E-state index is 11.7. The second-order valence-electron chi connectivity index (χ2n) is 3.97. The first kappa shape index (κ1) is 12.7. The number of hydrogen-bond acceptors (Lipinski definition) is 3. The van der Waals surface area contributed by atoms with E-state index >= 15 is 0 Å². The van der Waals surface area contributed by atoms with E-state index in [-0.39, 0.29) is 0 Å². The number of nitriles is 1. The molecule has 0 atom stereocenters. The zero-order valence-electron chi connectivity index (χ0n) is 10.4. The fourth-order valence-electron chi connectivity index (χ4n) is 1.55. The summed E-state index contributed by atoms with van der Waals surface area (Å²) in [5.74, 6) is 0.394. The van der Waals surface area contributed by atoms with E-state index in [4.69, 9.17) is 10.00 Å². The molecule has 2 rings (SSSR count). The van der Waals surface area contributed by atoms with Gasteiger partial charge in [0.2, 0.25) is 0 Å². The van der Waals surface area contributed by atoms with Crippen molar-refractivity contribution < 1.29 is 9.53 Å². The van der Waals surface area contributed by atoms with Crippen LogP contribution in [-0.4, -0.2) is 6.09 Å². The quantitative estimate of drug-likeness (QED) is 0.890. The maximum atomic E-state index is 11.7. The second-order valence-corrected chi connectivity index (χ2v) is 3.97. The highest BCUT2D eigenvalue weighted by Crippen LogP contribution is 2.15. The summed E-state index contributed by atoms with van der Waals surface area (Å²) in [4.78, 5) is 11.7. The van der Waals surface area contributed by atoms with Crippen LogP contribution in [0.1, 0.15) is 11.1 Å². The Bertz CT molecular complexity index is 627. The van der Waals surface area contributed by atoms with E-state index in [2.05, 4.69) is 5.32 Å². The smallest absolute Gasteiger partial charge is 0.410 e. The van der Waals surface area contributed by atoms with Crippen molar-refractivity contribution in [1.82, 2.24) is 0 Å². The van der Waals surface area contributed by atoms with Crippen molar-refractivity contribution in [3.8, 4) is 11.8 Å². The molecule has 0 saturated heterocycles. The van der Waals surface area contributed by atoms with E-state index in [1.807, 2.05) is 31.2 Å². The minimum Gasteiger partial charge on any atom is -0.410 e. The third kappa shape index (κ3) is 3.33. The summed E-state index contributed by atoms with van der Waals surface area (Å²) in [5, 5.41) is 11.3. The molecular formula is C15H12N2O2. The zero-order valence-corrected chi connectivity index (χ0v) is 10.4. The van der Waals surface area contributed by atoms with E-state index in [1.165, 1.54) is 0 Å². The number of anilines is 1. The van der Waals surface area contributed by atoms with Crippen molar-refractivity contribution in [2.45, 2.75) is 6.92 Å².